The molecule has 0 heterocycles. The first-order valence-corrected chi connectivity index (χ1v) is 9.28. The average molecular weight is 321 g/mol. The topological polar surface area (TPSA) is 63.2 Å². The molecule has 0 radical (unpaired) electrons. The number of benzene rings is 1. The highest BCUT2D eigenvalue weighted by Gasteiger charge is 2.23. The molecule has 2 rings (SSSR count). The lowest BCUT2D eigenvalue weighted by molar-refractivity contribution is -0.125. The Bertz CT molecular complexity index is 647. The molecule has 1 aliphatic carbocycles. The molecule has 22 heavy (non-hydrogen) atoms. The van der Waals surface area contributed by atoms with Crippen LogP contribution >= 0.6 is 0 Å². The van der Waals surface area contributed by atoms with E-state index in [0.717, 1.165) is 24.8 Å². The van der Waals surface area contributed by atoms with E-state index in [-0.39, 0.29) is 17.6 Å². The molecule has 1 aromatic carbocycles. The van der Waals surface area contributed by atoms with Gasteiger partial charge in [-0.2, -0.15) is 0 Å². The fourth-order valence-corrected chi connectivity index (χ4v) is 4.09. The van der Waals surface area contributed by atoms with E-state index in [4.69, 9.17) is 0 Å². The number of rotatable bonds is 5. The van der Waals surface area contributed by atoms with Crippen molar-refractivity contribution in [3.05, 3.63) is 42.0 Å². The van der Waals surface area contributed by atoms with Crippen LogP contribution in [-0.4, -0.2) is 26.1 Å². The number of sulfone groups is 1. The standard InChI is InChI=1S/C17H23NO3S/c1-13-8-10-16(11-9-13)22(20,21)12-14(2)18-17(19)15-6-4-3-5-7-15/h3-4,8-11,14-15H,5-7,12H2,1-2H3,(H,18,19). The number of amides is 1. The Morgan fingerprint density at radius 1 is 1.27 bits per heavy atom. The maximum Gasteiger partial charge on any atom is 0.223 e. The van der Waals surface area contributed by atoms with Crippen LogP contribution in [0.3, 0.4) is 0 Å². The number of carbonyl (C=O) groups excluding carboxylic acids is 1. The van der Waals surface area contributed by atoms with Gasteiger partial charge in [-0.05, 0) is 45.2 Å². The molecule has 1 amide bonds. The van der Waals surface area contributed by atoms with Gasteiger partial charge in [0.05, 0.1) is 10.6 Å². The predicted molar refractivity (Wildman–Crippen MR) is 87.3 cm³/mol. The molecule has 1 aliphatic rings. The fourth-order valence-electron chi connectivity index (χ4n) is 2.61. The van der Waals surface area contributed by atoms with Gasteiger partial charge in [-0.3, -0.25) is 4.79 Å². The zero-order valence-electron chi connectivity index (χ0n) is 13.1. The van der Waals surface area contributed by atoms with E-state index >= 15 is 0 Å². The highest BCUT2D eigenvalue weighted by atomic mass is 32.2. The van der Waals surface area contributed by atoms with Gasteiger partial charge in [0.15, 0.2) is 9.84 Å². The highest BCUT2D eigenvalue weighted by molar-refractivity contribution is 7.91. The van der Waals surface area contributed by atoms with Crippen LogP contribution in [0.15, 0.2) is 41.3 Å². The molecule has 0 spiro atoms. The van der Waals surface area contributed by atoms with Gasteiger partial charge in [0, 0.05) is 12.0 Å². The second-order valence-electron chi connectivity index (χ2n) is 5.99. The van der Waals surface area contributed by atoms with Crippen molar-refractivity contribution in [2.24, 2.45) is 5.92 Å². The number of aryl methyl sites for hydroxylation is 1. The van der Waals surface area contributed by atoms with Crippen molar-refractivity contribution in [1.29, 1.82) is 0 Å². The summed E-state index contributed by atoms with van der Waals surface area (Å²) >= 11 is 0. The third-order valence-electron chi connectivity index (χ3n) is 3.88. The molecule has 2 atom stereocenters. The molecule has 0 saturated heterocycles. The van der Waals surface area contributed by atoms with Gasteiger partial charge in [-0.1, -0.05) is 29.8 Å². The minimum Gasteiger partial charge on any atom is -0.352 e. The Morgan fingerprint density at radius 3 is 2.55 bits per heavy atom. The lowest BCUT2D eigenvalue weighted by Crippen LogP contribution is -2.41. The van der Waals surface area contributed by atoms with Gasteiger partial charge >= 0.3 is 0 Å². The summed E-state index contributed by atoms with van der Waals surface area (Å²) in [5.74, 6) is -0.157. The zero-order chi connectivity index (χ0) is 16.2. The Balaban J connectivity index is 1.95. The zero-order valence-corrected chi connectivity index (χ0v) is 13.9. The summed E-state index contributed by atoms with van der Waals surface area (Å²) in [6.07, 6.45) is 6.58. The average Bonchev–Trinajstić information content (AvgIpc) is 2.48. The molecule has 0 bridgehead atoms. The first-order chi connectivity index (χ1) is 10.4. The van der Waals surface area contributed by atoms with E-state index in [1.54, 1.807) is 31.2 Å². The summed E-state index contributed by atoms with van der Waals surface area (Å²) in [6.45, 7) is 3.65. The number of allylic oxidation sites excluding steroid dienone is 2. The first-order valence-electron chi connectivity index (χ1n) is 7.63. The monoisotopic (exact) mass is 321 g/mol. The highest BCUT2D eigenvalue weighted by Crippen LogP contribution is 2.19. The van der Waals surface area contributed by atoms with Gasteiger partial charge in [0.25, 0.3) is 0 Å². The van der Waals surface area contributed by atoms with Crippen LogP contribution in [0.5, 0.6) is 0 Å². The fraction of sp³-hybridized carbons (Fsp3) is 0.471. The van der Waals surface area contributed by atoms with E-state index in [0.29, 0.717) is 4.90 Å². The molecule has 0 fully saturated rings. The molecule has 0 aromatic heterocycles. The lowest BCUT2D eigenvalue weighted by Gasteiger charge is -2.20. The Kier molecular flexibility index (Phi) is 5.40. The van der Waals surface area contributed by atoms with Crippen molar-refractivity contribution in [2.75, 3.05) is 5.75 Å². The predicted octanol–water partition coefficient (Wildman–Crippen LogP) is 2.63. The Morgan fingerprint density at radius 2 is 1.95 bits per heavy atom. The van der Waals surface area contributed by atoms with Gasteiger partial charge in [0.2, 0.25) is 5.91 Å². The lowest BCUT2D eigenvalue weighted by atomic mass is 9.93. The molecule has 4 nitrogen and oxygen atoms in total. The quantitative estimate of drug-likeness (QED) is 0.848. The number of hydrogen-bond acceptors (Lipinski definition) is 3. The number of nitrogens with one attached hydrogen (secondary N) is 1. The minimum atomic E-state index is -3.38. The third-order valence-corrected chi connectivity index (χ3v) is 5.81. The van der Waals surface area contributed by atoms with Crippen molar-refractivity contribution in [3.63, 3.8) is 0 Å². The van der Waals surface area contributed by atoms with Crippen LogP contribution in [0, 0.1) is 12.8 Å². The summed E-state index contributed by atoms with van der Waals surface area (Å²) in [7, 11) is -3.38. The van der Waals surface area contributed by atoms with Crippen molar-refractivity contribution < 1.29 is 13.2 Å². The van der Waals surface area contributed by atoms with Crippen molar-refractivity contribution in [2.45, 2.75) is 44.0 Å². The number of carbonyl (C=O) groups is 1. The van der Waals surface area contributed by atoms with Crippen molar-refractivity contribution >= 4 is 15.7 Å². The Labute approximate surface area is 132 Å². The second-order valence-corrected chi connectivity index (χ2v) is 8.02. The van der Waals surface area contributed by atoms with E-state index < -0.39 is 15.9 Å². The van der Waals surface area contributed by atoms with Gasteiger partial charge in [-0.25, -0.2) is 8.42 Å². The van der Waals surface area contributed by atoms with Crippen molar-refractivity contribution in [3.8, 4) is 0 Å². The largest absolute Gasteiger partial charge is 0.352 e. The van der Waals surface area contributed by atoms with Crippen molar-refractivity contribution in [1.82, 2.24) is 5.32 Å². The van der Waals surface area contributed by atoms with Crippen LogP contribution in [-0.2, 0) is 14.6 Å². The van der Waals surface area contributed by atoms with Crippen LogP contribution in [0.2, 0.25) is 0 Å². The molecule has 2 unspecified atom stereocenters. The van der Waals surface area contributed by atoms with Crippen LogP contribution < -0.4 is 5.32 Å². The van der Waals surface area contributed by atoms with E-state index in [2.05, 4.69) is 11.4 Å². The van der Waals surface area contributed by atoms with Gasteiger partial charge in [0.1, 0.15) is 0 Å². The number of hydrogen-bond donors (Lipinski definition) is 1. The molecular formula is C17H23NO3S. The second kappa shape index (κ2) is 7.09. The summed E-state index contributed by atoms with van der Waals surface area (Å²) in [4.78, 5) is 12.4. The minimum absolute atomic E-state index is 0.0328. The molecule has 0 aliphatic heterocycles. The first kappa shape index (κ1) is 16.7. The van der Waals surface area contributed by atoms with E-state index in [9.17, 15) is 13.2 Å². The van der Waals surface area contributed by atoms with Gasteiger partial charge in [-0.15, -0.1) is 0 Å². The summed E-state index contributed by atoms with van der Waals surface area (Å²) < 4.78 is 24.7. The summed E-state index contributed by atoms with van der Waals surface area (Å²) in [5, 5.41) is 2.83. The van der Waals surface area contributed by atoms with Crippen LogP contribution in [0.1, 0.15) is 31.7 Å². The molecular weight excluding hydrogens is 298 g/mol. The molecule has 5 heteroatoms. The Hall–Kier alpha value is -1.62. The third kappa shape index (κ3) is 4.44. The normalized spacial score (nSPS) is 19.6. The molecule has 1 N–H and O–H groups in total. The van der Waals surface area contributed by atoms with E-state index in [1.807, 2.05) is 13.0 Å². The smallest absolute Gasteiger partial charge is 0.223 e. The molecule has 0 saturated carbocycles. The molecule has 120 valence electrons. The summed E-state index contributed by atoms with van der Waals surface area (Å²) in [6, 6.07) is 6.40. The summed E-state index contributed by atoms with van der Waals surface area (Å²) in [5.41, 5.74) is 1.02. The van der Waals surface area contributed by atoms with Crippen LogP contribution in [0.25, 0.3) is 0 Å². The van der Waals surface area contributed by atoms with Crippen LogP contribution in [0.4, 0.5) is 0 Å². The van der Waals surface area contributed by atoms with E-state index in [1.165, 1.54) is 0 Å². The molecule has 1 aromatic rings. The SMILES string of the molecule is Cc1ccc(S(=O)(=O)CC(C)NC(=O)C2CC=CCC2)cc1. The maximum atomic E-state index is 12.3. The maximum absolute atomic E-state index is 12.3. The van der Waals surface area contributed by atoms with Gasteiger partial charge < -0.3 is 5.32 Å².